The molecule has 0 atom stereocenters. The number of rotatable bonds is 10. The minimum atomic E-state index is -0.337. The van der Waals surface area contributed by atoms with Crippen molar-refractivity contribution < 1.29 is 30.0 Å². The van der Waals surface area contributed by atoms with Crippen molar-refractivity contribution in [3.8, 4) is 11.3 Å². The molecule has 0 aliphatic rings. The second-order valence-corrected chi connectivity index (χ2v) is 15.4. The number of ketones is 1. The molecule has 1 heterocycles. The average molecular weight is 828 g/mol. The summed E-state index contributed by atoms with van der Waals surface area (Å²) in [5.74, 6) is 0.929. The molecule has 0 fully saturated rings. The molecule has 1 N–H and O–H groups in total. The maximum atomic E-state index is 12.2. The Morgan fingerprint density at radius 1 is 0.875 bits per heavy atom. The normalized spacial score (nSPS) is 12.6. The van der Waals surface area contributed by atoms with Crippen LogP contribution < -0.4 is 0 Å². The van der Waals surface area contributed by atoms with Crippen LogP contribution in [-0.4, -0.2) is 20.9 Å². The summed E-state index contributed by atoms with van der Waals surface area (Å²) in [7, 11) is 0. The third-order valence-electron chi connectivity index (χ3n) is 10.3. The molecule has 5 heteroatoms. The largest absolute Gasteiger partial charge is 0.512 e. The first-order chi connectivity index (χ1) is 21.9. The molecule has 263 valence electrons. The third kappa shape index (κ3) is 9.42. The van der Waals surface area contributed by atoms with Gasteiger partial charge in [-0.25, -0.2) is 4.98 Å². The minimum absolute atomic E-state index is 0. The molecule has 0 bridgehead atoms. The molecule has 0 saturated heterocycles. The van der Waals surface area contributed by atoms with Crippen molar-refractivity contribution in [2.75, 3.05) is 0 Å². The van der Waals surface area contributed by atoms with Crippen LogP contribution >= 0.6 is 0 Å². The fourth-order valence-electron chi connectivity index (χ4n) is 6.04. The molecule has 4 aromatic rings. The van der Waals surface area contributed by atoms with Gasteiger partial charge in [0, 0.05) is 42.4 Å². The van der Waals surface area contributed by atoms with Crippen LogP contribution in [0.2, 0.25) is 0 Å². The van der Waals surface area contributed by atoms with Gasteiger partial charge in [0.25, 0.3) is 0 Å². The predicted molar refractivity (Wildman–Crippen MR) is 201 cm³/mol. The van der Waals surface area contributed by atoms with Gasteiger partial charge in [-0.1, -0.05) is 107 Å². The van der Waals surface area contributed by atoms with E-state index in [0.717, 1.165) is 59.8 Å². The molecular weight excluding hydrogens is 769 g/mol. The maximum Gasteiger partial charge on any atom is 0.164 e. The van der Waals surface area contributed by atoms with Gasteiger partial charge in [-0.2, -0.15) is 0 Å². The monoisotopic (exact) mass is 828 g/mol. The van der Waals surface area contributed by atoms with Gasteiger partial charge in [-0.3, -0.25) is 9.78 Å². The van der Waals surface area contributed by atoms with Gasteiger partial charge in [0.05, 0.1) is 5.52 Å². The van der Waals surface area contributed by atoms with Crippen LogP contribution in [0, 0.1) is 36.7 Å². The fourth-order valence-corrected chi connectivity index (χ4v) is 6.04. The number of carbonyl (C=O) groups is 1. The summed E-state index contributed by atoms with van der Waals surface area (Å²) in [4.78, 5) is 21.6. The van der Waals surface area contributed by atoms with Crippen molar-refractivity contribution in [1.29, 1.82) is 0 Å². The molecule has 0 aliphatic carbocycles. The first-order valence-corrected chi connectivity index (χ1v) is 17.6. The molecule has 0 spiro atoms. The van der Waals surface area contributed by atoms with Crippen LogP contribution in [-0.2, 0) is 36.7 Å². The molecule has 48 heavy (non-hydrogen) atoms. The Bertz CT molecular complexity index is 1740. The van der Waals surface area contributed by atoms with E-state index in [4.69, 9.17) is 9.97 Å². The standard InChI is InChI=1S/C28H31N2.C15H28O2.Ir/c1-17(2)10-20-13-19(4)25-21(14-20)8-9-24-26(29-16-30-27(24)25)22-11-18(3)12-23(15-22)28(5,6)7;1-7-14(5,8-2)12(16)11-13(17)15(6,9-3)10-4;/h8-9,12-17H,10H2,1-7H3;11,16H,7-10H2,1-6H3;/q-1;;/b;12-11-;. The van der Waals surface area contributed by atoms with Gasteiger partial charge in [0.2, 0.25) is 0 Å². The van der Waals surface area contributed by atoms with Crippen LogP contribution in [0.25, 0.3) is 32.9 Å². The van der Waals surface area contributed by atoms with Crippen LogP contribution in [0.4, 0.5) is 0 Å². The maximum absolute atomic E-state index is 12.2. The second-order valence-electron chi connectivity index (χ2n) is 15.4. The molecule has 0 amide bonds. The molecule has 0 unspecified atom stereocenters. The Labute approximate surface area is 304 Å². The summed E-state index contributed by atoms with van der Waals surface area (Å²) in [5, 5.41) is 13.7. The summed E-state index contributed by atoms with van der Waals surface area (Å²) in [6.07, 6.45) is 7.55. The summed E-state index contributed by atoms with van der Waals surface area (Å²) < 4.78 is 0. The zero-order chi connectivity index (χ0) is 35.3. The van der Waals surface area contributed by atoms with E-state index in [1.165, 1.54) is 33.5 Å². The molecule has 1 aromatic heterocycles. The first-order valence-electron chi connectivity index (χ1n) is 17.6. The number of aromatic nitrogens is 2. The van der Waals surface area contributed by atoms with Gasteiger partial charge in [0.1, 0.15) is 12.1 Å². The second kappa shape index (κ2) is 16.7. The Balaban J connectivity index is 0.000000384. The van der Waals surface area contributed by atoms with Gasteiger partial charge in [-0.15, -0.1) is 34.9 Å². The van der Waals surface area contributed by atoms with E-state index in [1.807, 2.05) is 41.5 Å². The Hall–Kier alpha value is -2.88. The van der Waals surface area contributed by atoms with Crippen molar-refractivity contribution in [1.82, 2.24) is 9.97 Å². The van der Waals surface area contributed by atoms with E-state index < -0.39 is 0 Å². The van der Waals surface area contributed by atoms with Gasteiger partial charge in [0.15, 0.2) is 5.78 Å². The molecule has 0 aliphatic heterocycles. The molecular formula is C43H59IrN2O2-. The molecule has 4 rings (SSSR count). The van der Waals surface area contributed by atoms with Gasteiger partial charge < -0.3 is 5.11 Å². The van der Waals surface area contributed by atoms with Crippen molar-refractivity contribution >= 4 is 27.5 Å². The van der Waals surface area contributed by atoms with Crippen molar-refractivity contribution in [2.45, 2.75) is 128 Å². The van der Waals surface area contributed by atoms with E-state index >= 15 is 0 Å². The average Bonchev–Trinajstić information content (AvgIpc) is 3.02. The Morgan fingerprint density at radius 3 is 2.02 bits per heavy atom. The number of hydrogen-bond donors (Lipinski definition) is 1. The molecule has 0 saturated carbocycles. The van der Waals surface area contributed by atoms with E-state index in [-0.39, 0.29) is 47.9 Å². The summed E-state index contributed by atoms with van der Waals surface area (Å²) in [6, 6.07) is 17.0. The zero-order valence-electron chi connectivity index (χ0n) is 31.8. The van der Waals surface area contributed by atoms with E-state index in [9.17, 15) is 9.90 Å². The van der Waals surface area contributed by atoms with Crippen LogP contribution in [0.1, 0.15) is 124 Å². The molecule has 3 aromatic carbocycles. The van der Waals surface area contributed by atoms with Crippen molar-refractivity contribution in [3.63, 3.8) is 0 Å². The number of nitrogens with zero attached hydrogens (tertiary/aromatic N) is 2. The van der Waals surface area contributed by atoms with E-state index in [1.54, 1.807) is 6.33 Å². The minimum Gasteiger partial charge on any atom is -0.512 e. The van der Waals surface area contributed by atoms with E-state index in [0.29, 0.717) is 5.92 Å². The smallest absolute Gasteiger partial charge is 0.164 e. The van der Waals surface area contributed by atoms with Crippen molar-refractivity contribution in [2.24, 2.45) is 16.7 Å². The SMILES string of the molecule is CCC(C)(CC)C(=O)/C=C(\O)C(C)(CC)CC.Cc1[c-]c(-c2ncnc3c2ccc2cc(CC(C)C)cc(C)c23)cc(C(C)(C)C)c1.[Ir]. The number of allylic oxidation sites excluding steroid dienone is 2. The number of aliphatic hydroxyl groups excluding tert-OH is 1. The van der Waals surface area contributed by atoms with Crippen LogP contribution in [0.5, 0.6) is 0 Å². The first kappa shape index (κ1) is 41.3. The quantitative estimate of drug-likeness (QED) is 0.0749. The zero-order valence-corrected chi connectivity index (χ0v) is 34.2. The van der Waals surface area contributed by atoms with Crippen LogP contribution in [0.15, 0.2) is 54.6 Å². The molecule has 4 nitrogen and oxygen atoms in total. The summed E-state index contributed by atoms with van der Waals surface area (Å²) >= 11 is 0. The number of hydrogen-bond acceptors (Lipinski definition) is 4. The third-order valence-corrected chi connectivity index (χ3v) is 10.3. The van der Waals surface area contributed by atoms with E-state index in [2.05, 4.69) is 90.9 Å². The molecule has 1 radical (unpaired) electrons. The topological polar surface area (TPSA) is 63.1 Å². The predicted octanol–water partition coefficient (Wildman–Crippen LogP) is 12.0. The van der Waals surface area contributed by atoms with Gasteiger partial charge >= 0.3 is 0 Å². The number of fused-ring (bicyclic) bond motifs is 3. The number of carbonyl (C=O) groups excluding carboxylic acids is 1. The summed E-state index contributed by atoms with van der Waals surface area (Å²) in [5.41, 5.74) is 7.62. The Morgan fingerprint density at radius 2 is 1.48 bits per heavy atom. The fraction of sp³-hybridized carbons (Fsp3) is 0.512. The van der Waals surface area contributed by atoms with Crippen molar-refractivity contribution in [3.05, 3.63) is 82.9 Å². The number of aliphatic hydroxyl groups is 1. The van der Waals surface area contributed by atoms with Gasteiger partial charge in [-0.05, 0) is 78.0 Å². The Kier molecular flexibility index (Phi) is 14.4. The summed E-state index contributed by atoms with van der Waals surface area (Å²) in [6.45, 7) is 27.7. The van der Waals surface area contributed by atoms with Crippen LogP contribution in [0.3, 0.4) is 0 Å². The number of aryl methyl sites for hydroxylation is 2. The number of benzene rings is 3.